The van der Waals surface area contributed by atoms with E-state index in [2.05, 4.69) is 15.9 Å². The van der Waals surface area contributed by atoms with Crippen LogP contribution in [0.5, 0.6) is 5.75 Å². The predicted octanol–water partition coefficient (Wildman–Crippen LogP) is 3.54. The Hall–Kier alpha value is -1.22. The summed E-state index contributed by atoms with van der Waals surface area (Å²) in [5, 5.41) is 8.49. The van der Waals surface area contributed by atoms with Crippen molar-refractivity contribution in [3.63, 3.8) is 0 Å². The first-order valence-corrected chi connectivity index (χ1v) is 5.00. The van der Waals surface area contributed by atoms with Crippen molar-refractivity contribution >= 4 is 15.9 Å². The third kappa shape index (κ3) is 2.67. The molecule has 0 aliphatic heterocycles. The highest BCUT2D eigenvalue weighted by Gasteiger charge is 2.34. The van der Waals surface area contributed by atoms with Crippen LogP contribution in [0.25, 0.3) is 0 Å². The van der Waals surface area contributed by atoms with Gasteiger partial charge in [-0.15, -0.1) is 0 Å². The molecule has 0 fully saturated rings. The lowest BCUT2D eigenvalue weighted by Gasteiger charge is -2.14. The summed E-state index contributed by atoms with van der Waals surface area (Å²) in [6.07, 6.45) is -4.80. The highest BCUT2D eigenvalue weighted by molar-refractivity contribution is 9.10. The minimum Gasteiger partial charge on any atom is -0.497 e. The molecule has 16 heavy (non-hydrogen) atoms. The van der Waals surface area contributed by atoms with E-state index >= 15 is 0 Å². The Labute approximate surface area is 98.8 Å². The molecule has 0 saturated carbocycles. The van der Waals surface area contributed by atoms with E-state index in [1.165, 1.54) is 13.2 Å². The number of methoxy groups -OCH3 is 1. The Morgan fingerprint density at radius 3 is 2.50 bits per heavy atom. The molecule has 0 saturated heterocycles. The number of hydrogen-bond donors (Lipinski definition) is 0. The van der Waals surface area contributed by atoms with Crippen LogP contribution in [0.3, 0.4) is 0 Å². The van der Waals surface area contributed by atoms with Gasteiger partial charge in [-0.25, -0.2) is 0 Å². The molecule has 1 rings (SSSR count). The Morgan fingerprint density at radius 1 is 1.44 bits per heavy atom. The number of alkyl halides is 3. The second-order valence-corrected chi connectivity index (χ2v) is 3.82. The molecule has 2 nitrogen and oxygen atoms in total. The summed E-state index contributed by atoms with van der Waals surface area (Å²) in [5.41, 5.74) is -0.920. The summed E-state index contributed by atoms with van der Waals surface area (Å²) in [4.78, 5) is 0. The highest BCUT2D eigenvalue weighted by Crippen LogP contribution is 2.38. The number of rotatable bonds is 2. The van der Waals surface area contributed by atoms with Crippen LogP contribution in [0.1, 0.15) is 11.1 Å². The van der Waals surface area contributed by atoms with Gasteiger partial charge < -0.3 is 4.74 Å². The molecule has 0 heterocycles. The van der Waals surface area contributed by atoms with Crippen LogP contribution < -0.4 is 4.74 Å². The third-order valence-electron chi connectivity index (χ3n) is 1.97. The first-order chi connectivity index (χ1) is 7.40. The molecule has 0 atom stereocenters. The van der Waals surface area contributed by atoms with Crippen molar-refractivity contribution < 1.29 is 17.9 Å². The van der Waals surface area contributed by atoms with Gasteiger partial charge in [0.25, 0.3) is 0 Å². The van der Waals surface area contributed by atoms with E-state index in [1.54, 1.807) is 6.07 Å². The Balaban J connectivity index is 3.42. The molecule has 6 heteroatoms. The maximum absolute atomic E-state index is 12.7. The molecule has 0 amide bonds. The number of hydrogen-bond acceptors (Lipinski definition) is 2. The summed E-state index contributed by atoms with van der Waals surface area (Å²) < 4.78 is 43.0. The van der Waals surface area contributed by atoms with E-state index in [0.717, 1.165) is 6.07 Å². The second-order valence-electron chi connectivity index (χ2n) is 2.97. The Bertz CT molecular complexity index is 437. The zero-order chi connectivity index (χ0) is 12.3. The van der Waals surface area contributed by atoms with Gasteiger partial charge in [0.2, 0.25) is 0 Å². The van der Waals surface area contributed by atoms with Crippen molar-refractivity contribution in [1.82, 2.24) is 0 Å². The number of ether oxygens (including phenoxy) is 1. The zero-order valence-electron chi connectivity index (χ0n) is 8.23. The van der Waals surface area contributed by atoms with Gasteiger partial charge in [-0.1, -0.05) is 15.9 Å². The monoisotopic (exact) mass is 293 g/mol. The van der Waals surface area contributed by atoms with Gasteiger partial charge in [-0.05, 0) is 17.7 Å². The van der Waals surface area contributed by atoms with Crippen LogP contribution in [-0.4, -0.2) is 7.11 Å². The summed E-state index contributed by atoms with van der Waals surface area (Å²) >= 11 is 3.00. The van der Waals surface area contributed by atoms with Crippen molar-refractivity contribution in [1.29, 1.82) is 5.26 Å². The molecule has 0 unspecified atom stereocenters. The minimum absolute atomic E-state index is 0.0733. The lowest BCUT2D eigenvalue weighted by atomic mass is 10.0. The fourth-order valence-corrected chi connectivity index (χ4v) is 1.82. The van der Waals surface area contributed by atoms with Crippen LogP contribution >= 0.6 is 15.9 Å². The number of halogens is 4. The minimum atomic E-state index is -4.50. The molecule has 0 spiro atoms. The van der Waals surface area contributed by atoms with E-state index in [4.69, 9.17) is 10.00 Å². The van der Waals surface area contributed by atoms with Crippen molar-refractivity contribution in [2.75, 3.05) is 7.11 Å². The molecular weight excluding hydrogens is 287 g/mol. The van der Waals surface area contributed by atoms with Crippen molar-refractivity contribution in [3.05, 3.63) is 27.7 Å². The van der Waals surface area contributed by atoms with E-state index in [0.29, 0.717) is 0 Å². The van der Waals surface area contributed by atoms with Crippen LogP contribution in [-0.2, 0) is 12.6 Å². The second kappa shape index (κ2) is 4.74. The van der Waals surface area contributed by atoms with Gasteiger partial charge in [-0.2, -0.15) is 18.4 Å². The van der Waals surface area contributed by atoms with Crippen molar-refractivity contribution in [3.8, 4) is 11.8 Å². The number of nitriles is 1. The maximum atomic E-state index is 12.7. The first kappa shape index (κ1) is 12.8. The molecule has 0 radical (unpaired) electrons. The van der Waals surface area contributed by atoms with E-state index in [-0.39, 0.29) is 22.2 Å². The van der Waals surface area contributed by atoms with Crippen LogP contribution in [0.2, 0.25) is 0 Å². The van der Waals surface area contributed by atoms with E-state index in [9.17, 15) is 13.2 Å². The molecule has 86 valence electrons. The smallest absolute Gasteiger partial charge is 0.416 e. The Morgan fingerprint density at radius 2 is 2.06 bits per heavy atom. The molecule has 0 aliphatic carbocycles. The fraction of sp³-hybridized carbons (Fsp3) is 0.300. The number of benzene rings is 1. The maximum Gasteiger partial charge on any atom is 0.416 e. The lowest BCUT2D eigenvalue weighted by molar-refractivity contribution is -0.138. The average molecular weight is 294 g/mol. The van der Waals surface area contributed by atoms with Crippen LogP contribution in [0.15, 0.2) is 16.6 Å². The van der Waals surface area contributed by atoms with E-state index in [1.807, 2.05) is 0 Å². The van der Waals surface area contributed by atoms with E-state index < -0.39 is 11.7 Å². The summed E-state index contributed by atoms with van der Waals surface area (Å²) in [6.45, 7) is 0. The quantitative estimate of drug-likeness (QED) is 0.835. The normalized spacial score (nSPS) is 11.0. The van der Waals surface area contributed by atoms with Gasteiger partial charge in [0, 0.05) is 4.47 Å². The van der Waals surface area contributed by atoms with Gasteiger partial charge in [0.1, 0.15) is 5.75 Å². The van der Waals surface area contributed by atoms with Crippen LogP contribution in [0, 0.1) is 11.3 Å². The average Bonchev–Trinajstić information content (AvgIpc) is 2.19. The highest BCUT2D eigenvalue weighted by atomic mass is 79.9. The van der Waals surface area contributed by atoms with Gasteiger partial charge >= 0.3 is 6.18 Å². The van der Waals surface area contributed by atoms with Gasteiger partial charge in [0.05, 0.1) is 25.2 Å². The first-order valence-electron chi connectivity index (χ1n) is 4.20. The SMILES string of the molecule is COc1cc(Br)c(CC#N)c(C(F)(F)F)c1. The summed E-state index contributed by atoms with van der Waals surface area (Å²) in [5.74, 6) is 0.0980. The Kier molecular flexibility index (Phi) is 3.81. The molecule has 0 N–H and O–H groups in total. The largest absolute Gasteiger partial charge is 0.497 e. The third-order valence-corrected chi connectivity index (χ3v) is 2.67. The lowest BCUT2D eigenvalue weighted by Crippen LogP contribution is -2.10. The number of nitrogens with zero attached hydrogens (tertiary/aromatic N) is 1. The molecule has 1 aromatic rings. The summed E-state index contributed by atoms with van der Waals surface area (Å²) in [6, 6.07) is 3.99. The topological polar surface area (TPSA) is 33.0 Å². The van der Waals surface area contributed by atoms with Crippen LogP contribution in [0.4, 0.5) is 13.2 Å². The molecule has 0 aliphatic rings. The zero-order valence-corrected chi connectivity index (χ0v) is 9.82. The van der Waals surface area contributed by atoms with Crippen molar-refractivity contribution in [2.45, 2.75) is 12.6 Å². The standard InChI is InChI=1S/C10H7BrF3NO/c1-16-6-4-8(10(12,13)14)7(2-3-15)9(11)5-6/h4-5H,2H2,1H3. The van der Waals surface area contributed by atoms with Gasteiger partial charge in [-0.3, -0.25) is 0 Å². The molecular formula is C10H7BrF3NO. The fourth-order valence-electron chi connectivity index (χ4n) is 1.24. The molecule has 0 aromatic heterocycles. The van der Waals surface area contributed by atoms with Gasteiger partial charge in [0.15, 0.2) is 0 Å². The predicted molar refractivity (Wildman–Crippen MR) is 55.0 cm³/mol. The summed E-state index contributed by atoms with van der Waals surface area (Å²) in [7, 11) is 1.28. The molecule has 0 bridgehead atoms. The van der Waals surface area contributed by atoms with Crippen molar-refractivity contribution in [2.24, 2.45) is 0 Å². The molecule has 1 aromatic carbocycles.